The normalized spacial score (nSPS) is 19.8. The van der Waals surface area contributed by atoms with E-state index in [2.05, 4.69) is 5.32 Å². The van der Waals surface area contributed by atoms with Crippen LogP contribution < -0.4 is 5.32 Å². The fraction of sp³-hybridized carbons (Fsp3) is 0.533. The van der Waals surface area contributed by atoms with E-state index in [-0.39, 0.29) is 24.1 Å². The average molecular weight is 326 g/mol. The maximum Gasteiger partial charge on any atom is 0.224 e. The Balaban J connectivity index is 1.80. The van der Waals surface area contributed by atoms with Crippen LogP contribution in [0.3, 0.4) is 0 Å². The Bertz CT molecular complexity index is 613. The molecule has 6 nitrogen and oxygen atoms in total. The number of nitrogens with one attached hydrogen (secondary N) is 1. The van der Waals surface area contributed by atoms with E-state index in [1.165, 1.54) is 10.6 Å². The van der Waals surface area contributed by atoms with Crippen molar-refractivity contribution in [2.45, 2.75) is 19.3 Å². The molecule has 1 unspecified atom stereocenters. The topological polar surface area (TPSA) is 86.7 Å². The molecule has 122 valence electrons. The highest BCUT2D eigenvalue weighted by molar-refractivity contribution is 7.88. The van der Waals surface area contributed by atoms with Crippen molar-refractivity contribution in [3.8, 4) is 5.75 Å². The third-order valence-corrected chi connectivity index (χ3v) is 5.14. The number of phenols is 1. The number of aromatic hydroxyl groups is 1. The average Bonchev–Trinajstić information content (AvgIpc) is 2.48. The van der Waals surface area contributed by atoms with E-state index < -0.39 is 10.0 Å². The zero-order valence-electron chi connectivity index (χ0n) is 12.7. The summed E-state index contributed by atoms with van der Waals surface area (Å²) in [6, 6.07) is 6.85. The van der Waals surface area contributed by atoms with Crippen LogP contribution in [0.4, 0.5) is 0 Å². The van der Waals surface area contributed by atoms with Gasteiger partial charge in [-0.25, -0.2) is 12.7 Å². The lowest BCUT2D eigenvalue weighted by Crippen LogP contribution is -2.45. The van der Waals surface area contributed by atoms with Crippen LogP contribution in [0.25, 0.3) is 0 Å². The van der Waals surface area contributed by atoms with Gasteiger partial charge < -0.3 is 10.4 Å². The summed E-state index contributed by atoms with van der Waals surface area (Å²) in [5.41, 5.74) is 1.03. The third kappa shape index (κ3) is 4.71. The minimum Gasteiger partial charge on any atom is -0.508 e. The summed E-state index contributed by atoms with van der Waals surface area (Å²) >= 11 is 0. The summed E-state index contributed by atoms with van der Waals surface area (Å²) in [6.07, 6.45) is 3.28. The number of benzene rings is 1. The zero-order chi connectivity index (χ0) is 16.2. The Labute approximate surface area is 131 Å². The van der Waals surface area contributed by atoms with E-state index in [1.54, 1.807) is 12.1 Å². The molecule has 2 N–H and O–H groups in total. The molecule has 1 aliphatic rings. The molecule has 0 aromatic heterocycles. The van der Waals surface area contributed by atoms with Crippen molar-refractivity contribution in [3.05, 3.63) is 29.8 Å². The van der Waals surface area contributed by atoms with E-state index in [4.69, 9.17) is 0 Å². The number of piperidine rings is 1. The van der Waals surface area contributed by atoms with Crippen molar-refractivity contribution in [2.24, 2.45) is 5.92 Å². The molecule has 1 saturated heterocycles. The number of carbonyl (C=O) groups excluding carboxylic acids is 1. The molecule has 1 heterocycles. The van der Waals surface area contributed by atoms with Crippen LogP contribution in [0.1, 0.15) is 18.4 Å². The van der Waals surface area contributed by atoms with Crippen LogP contribution in [0, 0.1) is 5.92 Å². The predicted molar refractivity (Wildman–Crippen MR) is 84.0 cm³/mol. The highest BCUT2D eigenvalue weighted by atomic mass is 32.2. The number of sulfonamides is 1. The molecule has 1 fully saturated rings. The van der Waals surface area contributed by atoms with E-state index in [0.29, 0.717) is 25.9 Å². The Morgan fingerprint density at radius 1 is 1.36 bits per heavy atom. The highest BCUT2D eigenvalue weighted by Gasteiger charge is 2.29. The van der Waals surface area contributed by atoms with Crippen LogP contribution in [-0.2, 0) is 21.2 Å². The van der Waals surface area contributed by atoms with Gasteiger partial charge >= 0.3 is 0 Å². The fourth-order valence-electron chi connectivity index (χ4n) is 2.59. The van der Waals surface area contributed by atoms with Gasteiger partial charge in [-0.3, -0.25) is 4.79 Å². The molecule has 1 aliphatic heterocycles. The second-order valence-corrected chi connectivity index (χ2v) is 7.65. The molecule has 0 radical (unpaired) electrons. The number of hydrogen-bond donors (Lipinski definition) is 2. The number of amides is 1. The molecule has 1 amide bonds. The molecule has 1 atom stereocenters. The minimum absolute atomic E-state index is 0.0906. The zero-order valence-corrected chi connectivity index (χ0v) is 13.5. The summed E-state index contributed by atoms with van der Waals surface area (Å²) in [5, 5.41) is 12.1. The van der Waals surface area contributed by atoms with Gasteiger partial charge in [0, 0.05) is 19.6 Å². The van der Waals surface area contributed by atoms with E-state index in [0.717, 1.165) is 12.0 Å². The molecule has 1 aromatic carbocycles. The lowest BCUT2D eigenvalue weighted by molar-refractivity contribution is -0.126. The molecular weight excluding hydrogens is 304 g/mol. The number of nitrogens with zero attached hydrogens (tertiary/aromatic N) is 1. The fourth-order valence-corrected chi connectivity index (χ4v) is 3.51. The van der Waals surface area contributed by atoms with Crippen LogP contribution in [-0.4, -0.2) is 49.6 Å². The van der Waals surface area contributed by atoms with Crippen LogP contribution >= 0.6 is 0 Å². The molecule has 0 spiro atoms. The molecule has 22 heavy (non-hydrogen) atoms. The highest BCUT2D eigenvalue weighted by Crippen LogP contribution is 2.18. The van der Waals surface area contributed by atoms with Gasteiger partial charge in [0.1, 0.15) is 5.75 Å². The molecule has 0 aliphatic carbocycles. The number of carbonyl (C=O) groups is 1. The lowest BCUT2D eigenvalue weighted by atomic mass is 9.99. The first-order valence-corrected chi connectivity index (χ1v) is 9.22. The van der Waals surface area contributed by atoms with E-state index in [9.17, 15) is 18.3 Å². The molecule has 2 rings (SSSR count). The van der Waals surface area contributed by atoms with Crippen molar-refractivity contribution in [1.82, 2.24) is 9.62 Å². The first-order chi connectivity index (χ1) is 10.4. The van der Waals surface area contributed by atoms with Crippen molar-refractivity contribution in [1.29, 1.82) is 0 Å². The Hall–Kier alpha value is -1.60. The largest absolute Gasteiger partial charge is 0.508 e. The van der Waals surface area contributed by atoms with E-state index in [1.807, 2.05) is 12.1 Å². The standard InChI is InChI=1S/C15H22N2O4S/c1-22(20,21)17-10-2-3-13(11-17)15(19)16-9-8-12-4-6-14(18)7-5-12/h4-7,13,18H,2-3,8-11H2,1H3,(H,16,19). The molecule has 0 saturated carbocycles. The number of hydrogen-bond acceptors (Lipinski definition) is 4. The number of phenolic OH excluding ortho intramolecular Hbond substituents is 1. The second kappa shape index (κ2) is 7.11. The first kappa shape index (κ1) is 16.8. The Morgan fingerprint density at radius 2 is 2.05 bits per heavy atom. The molecule has 1 aromatic rings. The summed E-state index contributed by atoms with van der Waals surface area (Å²) < 4.78 is 24.5. The van der Waals surface area contributed by atoms with Gasteiger partial charge in [-0.1, -0.05) is 12.1 Å². The Kier molecular flexibility index (Phi) is 5.42. The van der Waals surface area contributed by atoms with Crippen molar-refractivity contribution < 1.29 is 18.3 Å². The van der Waals surface area contributed by atoms with E-state index >= 15 is 0 Å². The van der Waals surface area contributed by atoms with Gasteiger partial charge in [-0.05, 0) is 37.0 Å². The van der Waals surface area contributed by atoms with Crippen molar-refractivity contribution in [2.75, 3.05) is 25.9 Å². The predicted octanol–water partition coefficient (Wildman–Crippen LogP) is 0.723. The quantitative estimate of drug-likeness (QED) is 0.835. The van der Waals surface area contributed by atoms with Gasteiger partial charge in [0.2, 0.25) is 15.9 Å². The molecular formula is C15H22N2O4S. The van der Waals surface area contributed by atoms with Crippen molar-refractivity contribution in [3.63, 3.8) is 0 Å². The lowest BCUT2D eigenvalue weighted by Gasteiger charge is -2.30. The van der Waals surface area contributed by atoms with Gasteiger partial charge in [0.25, 0.3) is 0 Å². The van der Waals surface area contributed by atoms with Crippen LogP contribution in [0.5, 0.6) is 5.75 Å². The first-order valence-electron chi connectivity index (χ1n) is 7.37. The second-order valence-electron chi connectivity index (χ2n) is 5.67. The third-order valence-electron chi connectivity index (χ3n) is 3.87. The summed E-state index contributed by atoms with van der Waals surface area (Å²) in [7, 11) is -3.23. The van der Waals surface area contributed by atoms with Gasteiger partial charge in [0.05, 0.1) is 12.2 Å². The summed E-state index contributed by atoms with van der Waals surface area (Å²) in [6.45, 7) is 1.26. The maximum atomic E-state index is 12.1. The van der Waals surface area contributed by atoms with Gasteiger partial charge in [-0.15, -0.1) is 0 Å². The number of rotatable bonds is 5. The van der Waals surface area contributed by atoms with Gasteiger partial charge in [0.15, 0.2) is 0 Å². The Morgan fingerprint density at radius 3 is 2.68 bits per heavy atom. The van der Waals surface area contributed by atoms with Crippen LogP contribution in [0.2, 0.25) is 0 Å². The smallest absolute Gasteiger partial charge is 0.224 e. The van der Waals surface area contributed by atoms with Crippen molar-refractivity contribution >= 4 is 15.9 Å². The van der Waals surface area contributed by atoms with Gasteiger partial charge in [-0.2, -0.15) is 0 Å². The monoisotopic (exact) mass is 326 g/mol. The maximum absolute atomic E-state index is 12.1. The molecule has 7 heteroatoms. The van der Waals surface area contributed by atoms with Crippen LogP contribution in [0.15, 0.2) is 24.3 Å². The molecule has 0 bridgehead atoms. The summed E-state index contributed by atoms with van der Waals surface area (Å²) in [4.78, 5) is 12.1. The summed E-state index contributed by atoms with van der Waals surface area (Å²) in [5.74, 6) is -0.147. The SMILES string of the molecule is CS(=O)(=O)N1CCCC(C(=O)NCCc2ccc(O)cc2)C1. The minimum atomic E-state index is -3.23.